The Morgan fingerprint density at radius 2 is 2.13 bits per heavy atom. The molecule has 0 atom stereocenters. The van der Waals surface area contributed by atoms with Gasteiger partial charge < -0.3 is 10.4 Å². The molecule has 1 saturated carbocycles. The molecule has 2 heterocycles. The first kappa shape index (κ1) is 15.9. The molecule has 23 heavy (non-hydrogen) atoms. The fourth-order valence-corrected chi connectivity index (χ4v) is 3.26. The second-order valence-electron chi connectivity index (χ2n) is 6.85. The molecule has 1 fully saturated rings. The van der Waals surface area contributed by atoms with Crippen LogP contribution in [-0.4, -0.2) is 37.9 Å². The number of aromatic nitrogens is 3. The van der Waals surface area contributed by atoms with Crippen molar-refractivity contribution in [2.45, 2.75) is 58.1 Å². The zero-order valence-corrected chi connectivity index (χ0v) is 14.0. The summed E-state index contributed by atoms with van der Waals surface area (Å²) in [7, 11) is 0. The second kappa shape index (κ2) is 5.92. The molecule has 2 aromatic heterocycles. The van der Waals surface area contributed by atoms with Crippen LogP contribution in [0.2, 0.25) is 0 Å². The molecule has 0 saturated heterocycles. The zero-order valence-electron chi connectivity index (χ0n) is 14.0. The molecule has 1 aliphatic carbocycles. The highest BCUT2D eigenvalue weighted by Gasteiger charge is 2.31. The number of carbonyl (C=O) groups excluding carboxylic acids is 1. The summed E-state index contributed by atoms with van der Waals surface area (Å²) in [5.41, 5.74) is 1.33. The Bertz CT molecular complexity index is 730. The zero-order chi connectivity index (χ0) is 16.6. The number of nitrogens with one attached hydrogen (secondary N) is 1. The predicted molar refractivity (Wildman–Crippen MR) is 88.4 cm³/mol. The first-order valence-corrected chi connectivity index (χ1v) is 8.25. The number of nitrogens with zero attached hydrogens (tertiary/aromatic N) is 3. The Kier molecular flexibility index (Phi) is 4.10. The Labute approximate surface area is 135 Å². The summed E-state index contributed by atoms with van der Waals surface area (Å²) in [6, 6.07) is 1.96. The summed E-state index contributed by atoms with van der Waals surface area (Å²) in [5.74, 6) is -0.177. The van der Waals surface area contributed by atoms with Crippen LogP contribution < -0.4 is 5.32 Å². The number of pyridine rings is 1. The van der Waals surface area contributed by atoms with Gasteiger partial charge in [-0.1, -0.05) is 12.8 Å². The van der Waals surface area contributed by atoms with Crippen molar-refractivity contribution in [1.29, 1.82) is 0 Å². The van der Waals surface area contributed by atoms with E-state index in [-0.39, 0.29) is 11.9 Å². The van der Waals surface area contributed by atoms with Crippen molar-refractivity contribution in [3.05, 3.63) is 23.5 Å². The van der Waals surface area contributed by atoms with Crippen LogP contribution in [0.3, 0.4) is 0 Å². The third-order valence-corrected chi connectivity index (χ3v) is 4.54. The van der Waals surface area contributed by atoms with Crippen LogP contribution >= 0.6 is 0 Å². The number of fused-ring (bicyclic) bond motifs is 1. The summed E-state index contributed by atoms with van der Waals surface area (Å²) < 4.78 is 1.82. The van der Waals surface area contributed by atoms with Crippen LogP contribution in [0.25, 0.3) is 11.0 Å². The first-order valence-electron chi connectivity index (χ1n) is 8.25. The lowest BCUT2D eigenvalue weighted by atomic mass is 10.0. The molecular formula is C17H24N4O2. The van der Waals surface area contributed by atoms with Gasteiger partial charge in [0.1, 0.15) is 0 Å². The maximum Gasteiger partial charge on any atom is 0.252 e. The summed E-state index contributed by atoms with van der Waals surface area (Å²) in [6.07, 6.45) is 5.24. The van der Waals surface area contributed by atoms with Gasteiger partial charge in [0.15, 0.2) is 5.65 Å². The van der Waals surface area contributed by atoms with E-state index in [9.17, 15) is 9.90 Å². The quantitative estimate of drug-likeness (QED) is 0.907. The number of carbonyl (C=O) groups is 1. The van der Waals surface area contributed by atoms with Gasteiger partial charge in [-0.05, 0) is 39.7 Å². The van der Waals surface area contributed by atoms with Crippen molar-refractivity contribution < 1.29 is 9.90 Å². The lowest BCUT2D eigenvalue weighted by Gasteiger charge is -2.22. The van der Waals surface area contributed by atoms with Crippen LogP contribution in [0.15, 0.2) is 12.3 Å². The van der Waals surface area contributed by atoms with Crippen LogP contribution in [0.5, 0.6) is 0 Å². The van der Waals surface area contributed by atoms with Crippen molar-refractivity contribution >= 4 is 16.9 Å². The molecule has 6 nitrogen and oxygen atoms in total. The smallest absolute Gasteiger partial charge is 0.252 e. The lowest BCUT2D eigenvalue weighted by Crippen LogP contribution is -2.40. The molecular weight excluding hydrogens is 292 g/mol. The maximum absolute atomic E-state index is 12.6. The van der Waals surface area contributed by atoms with E-state index >= 15 is 0 Å². The highest BCUT2D eigenvalue weighted by atomic mass is 16.3. The third-order valence-electron chi connectivity index (χ3n) is 4.54. The molecule has 1 amide bonds. The summed E-state index contributed by atoms with van der Waals surface area (Å²) in [6.45, 7) is 6.24. The molecule has 3 rings (SSSR count). The lowest BCUT2D eigenvalue weighted by molar-refractivity contribution is 0.0450. The van der Waals surface area contributed by atoms with Crippen LogP contribution in [0.4, 0.5) is 0 Å². The van der Waals surface area contributed by atoms with Crippen LogP contribution in [0.1, 0.15) is 61.6 Å². The van der Waals surface area contributed by atoms with Crippen molar-refractivity contribution in [3.8, 4) is 0 Å². The SMILES string of the molecule is Cc1cc(C(=O)NCC2(O)CCCC2)c2cnn(C(C)C)c2n1. The second-order valence-corrected chi connectivity index (χ2v) is 6.85. The van der Waals surface area contributed by atoms with Gasteiger partial charge in [0, 0.05) is 18.3 Å². The van der Waals surface area contributed by atoms with Crippen molar-refractivity contribution in [1.82, 2.24) is 20.1 Å². The van der Waals surface area contributed by atoms with Crippen molar-refractivity contribution in [3.63, 3.8) is 0 Å². The van der Waals surface area contributed by atoms with Gasteiger partial charge in [0.05, 0.1) is 22.7 Å². The molecule has 2 N–H and O–H groups in total. The highest BCUT2D eigenvalue weighted by Crippen LogP contribution is 2.29. The van der Waals surface area contributed by atoms with Crippen molar-refractivity contribution in [2.24, 2.45) is 0 Å². The topological polar surface area (TPSA) is 80.0 Å². The van der Waals surface area contributed by atoms with Crippen LogP contribution in [0, 0.1) is 6.92 Å². The van der Waals surface area contributed by atoms with Gasteiger partial charge in [0.25, 0.3) is 5.91 Å². The van der Waals surface area contributed by atoms with E-state index in [1.54, 1.807) is 12.3 Å². The Morgan fingerprint density at radius 1 is 1.43 bits per heavy atom. The molecule has 0 spiro atoms. The minimum absolute atomic E-state index is 0.177. The molecule has 6 heteroatoms. The molecule has 0 radical (unpaired) electrons. The average molecular weight is 316 g/mol. The molecule has 2 aromatic rings. The summed E-state index contributed by atoms with van der Waals surface area (Å²) in [4.78, 5) is 17.1. The number of rotatable bonds is 4. The van der Waals surface area contributed by atoms with E-state index in [2.05, 4.69) is 15.4 Å². The van der Waals surface area contributed by atoms with E-state index < -0.39 is 5.60 Å². The fourth-order valence-electron chi connectivity index (χ4n) is 3.26. The summed E-state index contributed by atoms with van der Waals surface area (Å²) >= 11 is 0. The average Bonchev–Trinajstić information content (AvgIpc) is 3.10. The fraction of sp³-hybridized carbons (Fsp3) is 0.588. The minimum Gasteiger partial charge on any atom is -0.388 e. The van der Waals surface area contributed by atoms with E-state index in [4.69, 9.17) is 0 Å². The van der Waals surface area contributed by atoms with Gasteiger partial charge in [-0.2, -0.15) is 5.10 Å². The van der Waals surface area contributed by atoms with Gasteiger partial charge in [-0.25, -0.2) is 9.67 Å². The van der Waals surface area contributed by atoms with Crippen molar-refractivity contribution in [2.75, 3.05) is 6.54 Å². The first-order chi connectivity index (χ1) is 10.9. The van der Waals surface area contributed by atoms with Gasteiger partial charge in [0.2, 0.25) is 0 Å². The molecule has 0 unspecified atom stereocenters. The predicted octanol–water partition coefficient (Wildman–Crippen LogP) is 2.36. The maximum atomic E-state index is 12.6. The monoisotopic (exact) mass is 316 g/mol. The largest absolute Gasteiger partial charge is 0.388 e. The van der Waals surface area contributed by atoms with E-state index in [1.807, 2.05) is 25.5 Å². The number of hydrogen-bond donors (Lipinski definition) is 2. The Balaban J connectivity index is 1.88. The molecule has 1 aliphatic rings. The Morgan fingerprint density at radius 3 is 2.78 bits per heavy atom. The van der Waals surface area contributed by atoms with Gasteiger partial charge >= 0.3 is 0 Å². The molecule has 124 valence electrons. The minimum atomic E-state index is -0.751. The normalized spacial score (nSPS) is 17.1. The standard InChI is InChI=1S/C17H24N4O2/c1-11(2)21-15-14(9-19-21)13(8-12(3)20-15)16(22)18-10-17(23)6-4-5-7-17/h8-9,11,23H,4-7,10H2,1-3H3,(H,18,22). The number of aryl methyl sites for hydroxylation is 1. The molecule has 0 bridgehead atoms. The Hall–Kier alpha value is -1.95. The van der Waals surface area contributed by atoms with E-state index in [1.165, 1.54) is 0 Å². The molecule has 0 aliphatic heterocycles. The van der Waals surface area contributed by atoms with E-state index in [0.717, 1.165) is 42.4 Å². The number of aliphatic hydroxyl groups is 1. The van der Waals surface area contributed by atoms with Crippen LogP contribution in [-0.2, 0) is 0 Å². The highest BCUT2D eigenvalue weighted by molar-refractivity contribution is 6.05. The van der Waals surface area contributed by atoms with Gasteiger partial charge in [-0.15, -0.1) is 0 Å². The molecule has 0 aromatic carbocycles. The third kappa shape index (κ3) is 3.08. The number of amides is 1. The number of hydrogen-bond acceptors (Lipinski definition) is 4. The van der Waals surface area contributed by atoms with Gasteiger partial charge in [-0.3, -0.25) is 4.79 Å². The summed E-state index contributed by atoms with van der Waals surface area (Å²) in [5, 5.41) is 18.4. The van der Waals surface area contributed by atoms with E-state index in [0.29, 0.717) is 12.1 Å².